The topological polar surface area (TPSA) is 67.8 Å². The number of carbonyl (C=O) groups excluding carboxylic acids is 1. The molecule has 1 fully saturated rings. The number of amides is 1. The van der Waals surface area contributed by atoms with E-state index in [-0.39, 0.29) is 17.7 Å². The molecule has 0 spiro atoms. The van der Waals surface area contributed by atoms with Gasteiger partial charge < -0.3 is 9.47 Å². The van der Waals surface area contributed by atoms with Crippen molar-refractivity contribution in [1.82, 2.24) is 5.48 Å². The Labute approximate surface area is 99.3 Å². The molecule has 1 aromatic rings. The first-order valence-electron chi connectivity index (χ1n) is 5.37. The van der Waals surface area contributed by atoms with Crippen molar-refractivity contribution in [2.24, 2.45) is 5.92 Å². The molecule has 2 atom stereocenters. The molecule has 92 valence electrons. The molecule has 0 aromatic heterocycles. The summed E-state index contributed by atoms with van der Waals surface area (Å²) in [6.07, 6.45) is 0.752. The number of benzene rings is 1. The van der Waals surface area contributed by atoms with Gasteiger partial charge >= 0.3 is 0 Å². The third kappa shape index (κ3) is 2.19. The molecule has 2 unspecified atom stereocenters. The Morgan fingerprint density at radius 2 is 2.06 bits per heavy atom. The second kappa shape index (κ2) is 4.63. The van der Waals surface area contributed by atoms with E-state index in [1.165, 1.54) is 0 Å². The van der Waals surface area contributed by atoms with E-state index in [0.717, 1.165) is 12.0 Å². The smallest absolute Gasteiger partial charge is 0.247 e. The molecule has 1 saturated carbocycles. The monoisotopic (exact) mass is 237 g/mol. The van der Waals surface area contributed by atoms with Crippen molar-refractivity contribution < 1.29 is 19.5 Å². The van der Waals surface area contributed by atoms with Crippen LogP contribution < -0.4 is 15.0 Å². The minimum Gasteiger partial charge on any atom is -0.493 e. The van der Waals surface area contributed by atoms with Gasteiger partial charge in [-0.05, 0) is 30.0 Å². The minimum atomic E-state index is -0.329. The van der Waals surface area contributed by atoms with Crippen molar-refractivity contribution in [3.05, 3.63) is 23.8 Å². The van der Waals surface area contributed by atoms with Gasteiger partial charge in [0.1, 0.15) is 0 Å². The first-order valence-corrected chi connectivity index (χ1v) is 5.37. The van der Waals surface area contributed by atoms with Crippen LogP contribution in [0, 0.1) is 5.92 Å². The Hall–Kier alpha value is -1.75. The average molecular weight is 237 g/mol. The zero-order chi connectivity index (χ0) is 12.4. The van der Waals surface area contributed by atoms with Crippen molar-refractivity contribution >= 4 is 5.91 Å². The quantitative estimate of drug-likeness (QED) is 0.612. The summed E-state index contributed by atoms with van der Waals surface area (Å²) >= 11 is 0. The largest absolute Gasteiger partial charge is 0.493 e. The van der Waals surface area contributed by atoms with E-state index in [2.05, 4.69) is 0 Å². The van der Waals surface area contributed by atoms with Crippen LogP contribution in [-0.2, 0) is 4.79 Å². The van der Waals surface area contributed by atoms with Gasteiger partial charge in [-0.3, -0.25) is 10.0 Å². The van der Waals surface area contributed by atoms with Gasteiger partial charge in [0, 0.05) is 5.92 Å². The highest BCUT2D eigenvalue weighted by Crippen LogP contribution is 2.49. The van der Waals surface area contributed by atoms with E-state index >= 15 is 0 Å². The van der Waals surface area contributed by atoms with Gasteiger partial charge in [0.05, 0.1) is 14.2 Å². The highest BCUT2D eigenvalue weighted by molar-refractivity contribution is 5.81. The average Bonchev–Trinajstić information content (AvgIpc) is 3.17. The molecule has 5 heteroatoms. The van der Waals surface area contributed by atoms with Crippen LogP contribution in [0.4, 0.5) is 0 Å². The molecule has 0 heterocycles. The van der Waals surface area contributed by atoms with Crippen molar-refractivity contribution in [3.63, 3.8) is 0 Å². The number of hydroxylamine groups is 1. The highest BCUT2D eigenvalue weighted by Gasteiger charge is 2.44. The number of nitrogens with one attached hydrogen (secondary N) is 1. The fourth-order valence-corrected chi connectivity index (χ4v) is 2.02. The Bertz CT molecular complexity index is 433. The van der Waals surface area contributed by atoms with E-state index in [1.54, 1.807) is 19.7 Å². The fourth-order valence-electron chi connectivity index (χ4n) is 2.02. The lowest BCUT2D eigenvalue weighted by Gasteiger charge is -2.09. The van der Waals surface area contributed by atoms with Crippen LogP contribution >= 0.6 is 0 Å². The summed E-state index contributed by atoms with van der Waals surface area (Å²) in [5.74, 6) is 1.00. The van der Waals surface area contributed by atoms with Crippen LogP contribution in [0.25, 0.3) is 0 Å². The zero-order valence-corrected chi connectivity index (χ0v) is 9.77. The van der Waals surface area contributed by atoms with Gasteiger partial charge in [0.25, 0.3) is 0 Å². The lowest BCUT2D eigenvalue weighted by molar-refractivity contribution is -0.130. The zero-order valence-electron chi connectivity index (χ0n) is 9.77. The summed E-state index contributed by atoms with van der Waals surface area (Å²) < 4.78 is 10.3. The molecular weight excluding hydrogens is 222 g/mol. The molecular formula is C12H15NO4. The van der Waals surface area contributed by atoms with E-state index in [9.17, 15) is 4.79 Å². The SMILES string of the molecule is COc1ccc(C2CC2C(=O)NO)cc1OC. The Morgan fingerprint density at radius 3 is 2.65 bits per heavy atom. The maximum Gasteiger partial charge on any atom is 0.247 e. The third-order valence-electron chi connectivity index (χ3n) is 3.07. The normalized spacial score (nSPS) is 21.8. The van der Waals surface area contributed by atoms with Crippen molar-refractivity contribution in [2.75, 3.05) is 14.2 Å². The number of carbonyl (C=O) groups is 1. The van der Waals surface area contributed by atoms with Gasteiger partial charge in [-0.2, -0.15) is 0 Å². The van der Waals surface area contributed by atoms with E-state index < -0.39 is 0 Å². The molecule has 17 heavy (non-hydrogen) atoms. The molecule has 0 saturated heterocycles. The molecule has 0 radical (unpaired) electrons. The molecule has 0 bridgehead atoms. The van der Waals surface area contributed by atoms with Gasteiger partial charge in [0.2, 0.25) is 5.91 Å². The van der Waals surface area contributed by atoms with E-state index in [4.69, 9.17) is 14.7 Å². The maximum atomic E-state index is 11.2. The number of ether oxygens (including phenoxy) is 2. The summed E-state index contributed by atoms with van der Waals surface area (Å²) in [7, 11) is 3.16. The molecule has 0 aliphatic heterocycles. The van der Waals surface area contributed by atoms with E-state index in [0.29, 0.717) is 11.5 Å². The summed E-state index contributed by atoms with van der Waals surface area (Å²) in [5, 5.41) is 8.55. The predicted molar refractivity (Wildman–Crippen MR) is 60.3 cm³/mol. The first-order chi connectivity index (χ1) is 8.21. The molecule has 1 aliphatic rings. The maximum absolute atomic E-state index is 11.2. The van der Waals surface area contributed by atoms with Crippen LogP contribution in [0.1, 0.15) is 17.9 Å². The lowest BCUT2D eigenvalue weighted by Crippen LogP contribution is -2.20. The second-order valence-corrected chi connectivity index (χ2v) is 4.04. The first kappa shape index (κ1) is 11.7. The minimum absolute atomic E-state index is 0.141. The molecule has 1 aromatic carbocycles. The van der Waals surface area contributed by atoms with Crippen molar-refractivity contribution in [3.8, 4) is 11.5 Å². The number of methoxy groups -OCH3 is 2. The number of hydrogen-bond acceptors (Lipinski definition) is 4. The summed E-state index contributed by atoms with van der Waals surface area (Å²) in [6, 6.07) is 5.60. The molecule has 2 N–H and O–H groups in total. The van der Waals surface area contributed by atoms with Gasteiger partial charge in [-0.15, -0.1) is 0 Å². The summed E-state index contributed by atoms with van der Waals surface area (Å²) in [6.45, 7) is 0. The van der Waals surface area contributed by atoms with Gasteiger partial charge in [-0.1, -0.05) is 6.07 Å². The summed E-state index contributed by atoms with van der Waals surface area (Å²) in [5.41, 5.74) is 2.71. The van der Waals surface area contributed by atoms with Gasteiger partial charge in [-0.25, -0.2) is 5.48 Å². The number of hydrogen-bond donors (Lipinski definition) is 2. The van der Waals surface area contributed by atoms with Crippen LogP contribution in [0.3, 0.4) is 0 Å². The molecule has 1 aliphatic carbocycles. The Balaban J connectivity index is 2.16. The van der Waals surface area contributed by atoms with Crippen LogP contribution in [0.15, 0.2) is 18.2 Å². The summed E-state index contributed by atoms with van der Waals surface area (Å²) in [4.78, 5) is 11.2. The standard InChI is InChI=1S/C12H15NO4/c1-16-10-4-3-7(5-11(10)17-2)8-6-9(8)12(14)13-15/h3-5,8-9,15H,6H2,1-2H3,(H,13,14). The van der Waals surface area contributed by atoms with Crippen LogP contribution in [0.5, 0.6) is 11.5 Å². The highest BCUT2D eigenvalue weighted by atomic mass is 16.5. The van der Waals surface area contributed by atoms with Crippen molar-refractivity contribution in [2.45, 2.75) is 12.3 Å². The lowest BCUT2D eigenvalue weighted by atomic mass is 10.1. The second-order valence-electron chi connectivity index (χ2n) is 4.04. The molecule has 1 amide bonds. The Kier molecular flexibility index (Phi) is 3.19. The molecule has 2 rings (SSSR count). The van der Waals surface area contributed by atoms with E-state index in [1.807, 2.05) is 18.2 Å². The number of rotatable bonds is 4. The Morgan fingerprint density at radius 1 is 1.35 bits per heavy atom. The van der Waals surface area contributed by atoms with Crippen molar-refractivity contribution in [1.29, 1.82) is 0 Å². The van der Waals surface area contributed by atoms with Gasteiger partial charge in [0.15, 0.2) is 11.5 Å². The molecule has 5 nitrogen and oxygen atoms in total. The van der Waals surface area contributed by atoms with Crippen LogP contribution in [-0.4, -0.2) is 25.3 Å². The van der Waals surface area contributed by atoms with Crippen LogP contribution in [0.2, 0.25) is 0 Å². The third-order valence-corrected chi connectivity index (χ3v) is 3.07. The predicted octanol–water partition coefficient (Wildman–Crippen LogP) is 1.31. The fraction of sp³-hybridized carbons (Fsp3) is 0.417.